The lowest BCUT2D eigenvalue weighted by Crippen LogP contribution is -2.56. The molecule has 0 spiro atoms. The predicted octanol–water partition coefficient (Wildman–Crippen LogP) is 1.09. The predicted molar refractivity (Wildman–Crippen MR) is 84.4 cm³/mol. The normalized spacial score (nSPS) is 26.9. The molecule has 122 valence electrons. The first-order chi connectivity index (χ1) is 10.1. The summed E-state index contributed by atoms with van der Waals surface area (Å²) < 4.78 is 5.20. The van der Waals surface area contributed by atoms with Crippen molar-refractivity contribution in [3.8, 4) is 0 Å². The van der Waals surface area contributed by atoms with E-state index in [1.807, 2.05) is 20.9 Å². The number of nitrogens with zero attached hydrogens (tertiary/aromatic N) is 2. The molecule has 1 N–H and O–H groups in total. The van der Waals surface area contributed by atoms with E-state index in [1.54, 1.807) is 0 Å². The zero-order chi connectivity index (χ0) is 15.3. The van der Waals surface area contributed by atoms with Crippen LogP contribution in [0, 0.1) is 0 Å². The van der Waals surface area contributed by atoms with Crippen LogP contribution >= 0.6 is 0 Å². The molecule has 5 heteroatoms. The molecule has 2 rings (SSSR count). The molecule has 0 aliphatic carbocycles. The molecular weight excluding hydrogens is 266 g/mol. The lowest BCUT2D eigenvalue weighted by molar-refractivity contribution is -0.150. The molecule has 2 fully saturated rings. The highest BCUT2D eigenvalue weighted by atomic mass is 16.5. The minimum absolute atomic E-state index is 0.135. The van der Waals surface area contributed by atoms with Crippen LogP contribution in [0.25, 0.3) is 0 Å². The molecular formula is C16H31N3O2. The van der Waals surface area contributed by atoms with E-state index in [-0.39, 0.29) is 5.97 Å². The van der Waals surface area contributed by atoms with Crippen LogP contribution < -0.4 is 5.32 Å². The Balaban J connectivity index is 1.82. The average molecular weight is 297 g/mol. The lowest BCUT2D eigenvalue weighted by Gasteiger charge is -2.44. The first kappa shape index (κ1) is 16.7. The number of piperazine rings is 1. The maximum atomic E-state index is 12.1. The molecule has 0 radical (unpaired) electrons. The summed E-state index contributed by atoms with van der Waals surface area (Å²) in [5, 5.41) is 3.15. The van der Waals surface area contributed by atoms with Crippen LogP contribution in [0.4, 0.5) is 0 Å². The molecule has 21 heavy (non-hydrogen) atoms. The second kappa shape index (κ2) is 7.56. The lowest BCUT2D eigenvalue weighted by atomic mass is 9.96. The van der Waals surface area contributed by atoms with Crippen LogP contribution in [0.3, 0.4) is 0 Å². The smallest absolute Gasteiger partial charge is 0.326 e. The van der Waals surface area contributed by atoms with Gasteiger partial charge >= 0.3 is 5.97 Å². The summed E-state index contributed by atoms with van der Waals surface area (Å²) in [5.41, 5.74) is -0.570. The third-order valence-corrected chi connectivity index (χ3v) is 5.13. The van der Waals surface area contributed by atoms with Gasteiger partial charge in [0.15, 0.2) is 0 Å². The summed E-state index contributed by atoms with van der Waals surface area (Å²) in [5.74, 6) is -0.135. The third kappa shape index (κ3) is 4.18. The molecule has 2 unspecified atom stereocenters. The highest BCUT2D eigenvalue weighted by Crippen LogP contribution is 2.22. The number of fused-ring (bicyclic) bond motifs is 1. The standard InChI is InChI=1S/C16H31N3O2/c1-4-21-15(20)16(2,17-3)8-10-18-11-12-19-9-6-5-7-14(19)13-18/h14,17H,4-13H2,1-3H3. The summed E-state index contributed by atoms with van der Waals surface area (Å²) in [6, 6.07) is 0.732. The maximum Gasteiger partial charge on any atom is 0.326 e. The summed E-state index contributed by atoms with van der Waals surface area (Å²) >= 11 is 0. The number of carbonyl (C=O) groups excluding carboxylic acids is 1. The number of likely N-dealkylation sites (N-methyl/N-ethyl adjacent to an activating group) is 1. The molecule has 2 atom stereocenters. The number of hydrogen-bond donors (Lipinski definition) is 1. The zero-order valence-corrected chi connectivity index (χ0v) is 13.9. The van der Waals surface area contributed by atoms with Gasteiger partial charge in [-0.1, -0.05) is 6.42 Å². The van der Waals surface area contributed by atoms with E-state index in [4.69, 9.17) is 4.74 Å². The van der Waals surface area contributed by atoms with E-state index < -0.39 is 5.54 Å². The monoisotopic (exact) mass is 297 g/mol. The number of nitrogens with one attached hydrogen (secondary N) is 1. The summed E-state index contributed by atoms with van der Waals surface area (Å²) in [6.45, 7) is 9.94. The Morgan fingerprint density at radius 2 is 2.14 bits per heavy atom. The van der Waals surface area contributed by atoms with E-state index in [9.17, 15) is 4.79 Å². The van der Waals surface area contributed by atoms with Gasteiger partial charge in [-0.25, -0.2) is 0 Å². The van der Waals surface area contributed by atoms with Crippen molar-refractivity contribution in [2.75, 3.05) is 46.4 Å². The minimum atomic E-state index is -0.570. The minimum Gasteiger partial charge on any atom is -0.465 e. The van der Waals surface area contributed by atoms with Crippen LogP contribution in [-0.4, -0.2) is 73.7 Å². The van der Waals surface area contributed by atoms with Gasteiger partial charge in [-0.3, -0.25) is 9.69 Å². The van der Waals surface area contributed by atoms with Crippen LogP contribution in [0.5, 0.6) is 0 Å². The van der Waals surface area contributed by atoms with Crippen LogP contribution in [0.1, 0.15) is 39.5 Å². The molecule has 0 aromatic heterocycles. The van der Waals surface area contributed by atoms with Crippen molar-refractivity contribution in [1.29, 1.82) is 0 Å². The number of rotatable bonds is 6. The third-order valence-electron chi connectivity index (χ3n) is 5.13. The van der Waals surface area contributed by atoms with Gasteiger partial charge in [-0.15, -0.1) is 0 Å². The first-order valence-electron chi connectivity index (χ1n) is 8.41. The number of hydrogen-bond acceptors (Lipinski definition) is 5. The van der Waals surface area contributed by atoms with Crippen LogP contribution in [0.2, 0.25) is 0 Å². The molecule has 0 aromatic carbocycles. The Morgan fingerprint density at radius 3 is 2.86 bits per heavy atom. The summed E-state index contributed by atoms with van der Waals surface area (Å²) in [7, 11) is 1.84. The van der Waals surface area contributed by atoms with E-state index in [0.29, 0.717) is 6.61 Å². The first-order valence-corrected chi connectivity index (χ1v) is 8.41. The van der Waals surface area contributed by atoms with E-state index in [2.05, 4.69) is 15.1 Å². The van der Waals surface area contributed by atoms with Gasteiger partial charge in [0, 0.05) is 32.2 Å². The van der Waals surface area contributed by atoms with Crippen molar-refractivity contribution in [1.82, 2.24) is 15.1 Å². The van der Waals surface area contributed by atoms with Gasteiger partial charge in [0.05, 0.1) is 6.61 Å². The molecule has 0 saturated carbocycles. The van der Waals surface area contributed by atoms with Crippen molar-refractivity contribution >= 4 is 5.97 Å². The van der Waals surface area contributed by atoms with E-state index in [0.717, 1.165) is 32.1 Å². The number of carbonyl (C=O) groups is 1. The molecule has 2 aliphatic heterocycles. The highest BCUT2D eigenvalue weighted by molar-refractivity contribution is 5.80. The molecule has 0 bridgehead atoms. The topological polar surface area (TPSA) is 44.8 Å². The fourth-order valence-electron chi connectivity index (χ4n) is 3.42. The quantitative estimate of drug-likeness (QED) is 0.744. The molecule has 5 nitrogen and oxygen atoms in total. The fraction of sp³-hybridized carbons (Fsp3) is 0.938. The Labute approximate surface area is 129 Å². The zero-order valence-electron chi connectivity index (χ0n) is 13.9. The SMILES string of the molecule is CCOC(=O)C(C)(CCN1CCN2CCCCC2C1)NC. The van der Waals surface area contributed by atoms with Crippen molar-refractivity contribution in [2.45, 2.75) is 51.1 Å². The van der Waals surface area contributed by atoms with Crippen molar-refractivity contribution in [2.24, 2.45) is 0 Å². The van der Waals surface area contributed by atoms with Gasteiger partial charge < -0.3 is 15.0 Å². The second-order valence-corrected chi connectivity index (χ2v) is 6.54. The van der Waals surface area contributed by atoms with Crippen molar-refractivity contribution in [3.05, 3.63) is 0 Å². The van der Waals surface area contributed by atoms with E-state index >= 15 is 0 Å². The number of piperidine rings is 1. The summed E-state index contributed by atoms with van der Waals surface area (Å²) in [4.78, 5) is 17.2. The van der Waals surface area contributed by atoms with Gasteiger partial charge in [-0.05, 0) is 46.7 Å². The Kier molecular flexibility index (Phi) is 6.02. The number of ether oxygens (including phenoxy) is 1. The Morgan fingerprint density at radius 1 is 1.33 bits per heavy atom. The Bertz CT molecular complexity index is 350. The summed E-state index contributed by atoms with van der Waals surface area (Å²) in [6.07, 6.45) is 4.86. The van der Waals surface area contributed by atoms with Crippen molar-refractivity contribution < 1.29 is 9.53 Å². The number of esters is 1. The van der Waals surface area contributed by atoms with Gasteiger partial charge in [0.2, 0.25) is 0 Å². The van der Waals surface area contributed by atoms with Crippen LogP contribution in [-0.2, 0) is 9.53 Å². The highest BCUT2D eigenvalue weighted by Gasteiger charge is 2.35. The molecule has 2 aliphatic rings. The average Bonchev–Trinajstić information content (AvgIpc) is 2.52. The van der Waals surface area contributed by atoms with Gasteiger partial charge in [-0.2, -0.15) is 0 Å². The molecule has 2 saturated heterocycles. The van der Waals surface area contributed by atoms with Crippen molar-refractivity contribution in [3.63, 3.8) is 0 Å². The van der Waals surface area contributed by atoms with E-state index in [1.165, 1.54) is 32.4 Å². The van der Waals surface area contributed by atoms with Crippen LogP contribution in [0.15, 0.2) is 0 Å². The fourth-order valence-corrected chi connectivity index (χ4v) is 3.42. The Hall–Kier alpha value is -0.650. The molecule has 0 amide bonds. The maximum absolute atomic E-state index is 12.1. The van der Waals surface area contributed by atoms with Gasteiger partial charge in [0.1, 0.15) is 5.54 Å². The van der Waals surface area contributed by atoms with Gasteiger partial charge in [0.25, 0.3) is 0 Å². The molecule has 0 aromatic rings. The largest absolute Gasteiger partial charge is 0.465 e. The second-order valence-electron chi connectivity index (χ2n) is 6.54. The molecule has 2 heterocycles.